The number of H-pyrrole nitrogens is 2. The number of nitrogens with one attached hydrogen (secondary N) is 10. The topological polar surface area (TPSA) is 385 Å². The molecule has 24 heteroatoms. The lowest BCUT2D eigenvalue weighted by Gasteiger charge is -2.28. The van der Waals surface area contributed by atoms with Crippen LogP contribution in [0.2, 0.25) is 0 Å². The number of hydrogen-bond donors (Lipinski definition) is 13. The van der Waals surface area contributed by atoms with Crippen molar-refractivity contribution in [2.24, 2.45) is 22.2 Å². The summed E-state index contributed by atoms with van der Waals surface area (Å²) in [6.07, 6.45) is 4.09. The molecular weight excluding hydrogens is 1040 g/mol. The summed E-state index contributed by atoms with van der Waals surface area (Å²) >= 11 is 0. The van der Waals surface area contributed by atoms with Crippen LogP contribution in [0, 0.1) is 0 Å². The van der Waals surface area contributed by atoms with E-state index in [1.165, 1.54) is 19.4 Å². The molecule has 4 aromatic carbocycles. The minimum atomic E-state index is -1.63. The molecule has 7 atom stereocenters. The standard InChI is InChI=1S/C57H69N15O9/c1-33(73)66-44(25-34-12-3-2-4-13-34)52(77)72-48-29-49(74)62-22-10-9-18-42(50(58)75)67-54(79)46(27-38-30-64-41-17-8-7-16-40(38)41)70-51(76)43(19-11-23-63-57(59)60)68-53(78)45(26-35-20-21-36-14-5-6-15-37(36)24-35)69-55(80)47(71-56(48)81)28-39-31-61-32-65-39/h2-8,12-17,20-21,24,30-32,42-48,64H,9-11,18-19,22-23,25-29H2,1H3,(H2,58,75)(H,61,65)(H,62,74)(H,66,73)(H,67,79)(H,68,78)(H,69,80)(H,70,76)(H,71,81)(H,72,77)(H4,59,60,63)/t42-,43-,44-,45+,46-,47-,48-/m0/s1. The van der Waals surface area contributed by atoms with E-state index in [1.54, 1.807) is 42.6 Å². The van der Waals surface area contributed by atoms with E-state index in [1.807, 2.05) is 60.7 Å². The van der Waals surface area contributed by atoms with Crippen molar-refractivity contribution in [1.82, 2.24) is 57.5 Å². The molecule has 6 aromatic rings. The molecule has 0 radical (unpaired) electrons. The summed E-state index contributed by atoms with van der Waals surface area (Å²) in [5, 5.41) is 24.3. The number of hydrogen-bond acceptors (Lipinski definition) is 11. The molecule has 1 saturated heterocycles. The fourth-order valence-corrected chi connectivity index (χ4v) is 9.53. The Morgan fingerprint density at radius 2 is 1.35 bits per heavy atom. The van der Waals surface area contributed by atoms with E-state index >= 15 is 4.79 Å². The van der Waals surface area contributed by atoms with Crippen molar-refractivity contribution in [1.29, 1.82) is 0 Å². The quantitative estimate of drug-likeness (QED) is 0.0345. The predicted octanol–water partition coefficient (Wildman–Crippen LogP) is -0.0426. The number of carbonyl (C=O) groups is 9. The van der Waals surface area contributed by atoms with Gasteiger partial charge < -0.3 is 69.7 Å². The van der Waals surface area contributed by atoms with Crippen molar-refractivity contribution in [3.05, 3.63) is 138 Å². The van der Waals surface area contributed by atoms with Crippen molar-refractivity contribution in [2.45, 2.75) is 113 Å². The number of aromatic amines is 2. The number of aromatic nitrogens is 3. The van der Waals surface area contributed by atoms with E-state index in [9.17, 15) is 38.4 Å². The molecule has 3 heterocycles. The van der Waals surface area contributed by atoms with E-state index in [0.717, 1.165) is 21.7 Å². The van der Waals surface area contributed by atoms with Crippen LogP contribution in [0.1, 0.15) is 67.8 Å². The van der Waals surface area contributed by atoms with Gasteiger partial charge in [0.15, 0.2) is 5.96 Å². The summed E-state index contributed by atoms with van der Waals surface area (Å²) in [6.45, 7) is 1.31. The fraction of sp³-hybridized carbons (Fsp3) is 0.351. The highest BCUT2D eigenvalue weighted by Crippen LogP contribution is 2.21. The SMILES string of the molecule is CC(=O)N[C@@H](Cc1ccccc1)C(=O)N[C@H]1CC(=O)NCCCC[C@@H](C(N)=O)NC(=O)[C@H](Cc2c[nH]c3ccccc23)NC(=O)[C@H](CCCN=C(N)N)NC(=O)[C@@H](Cc2ccc3ccccc3c2)NC(=O)[C@H](Cc2cnc[nH]2)NC1=O. The molecule has 1 fully saturated rings. The largest absolute Gasteiger partial charge is 0.370 e. The van der Waals surface area contributed by atoms with E-state index in [-0.39, 0.29) is 76.8 Å². The number of imidazole rings is 1. The summed E-state index contributed by atoms with van der Waals surface area (Å²) < 4.78 is 0. The second-order valence-corrected chi connectivity index (χ2v) is 19.9. The lowest BCUT2D eigenvalue weighted by molar-refractivity contribution is -0.136. The number of benzene rings is 4. The fourth-order valence-electron chi connectivity index (χ4n) is 9.53. The molecule has 16 N–H and O–H groups in total. The Hall–Kier alpha value is -9.61. The van der Waals surface area contributed by atoms with Crippen LogP contribution in [-0.2, 0) is 68.8 Å². The molecule has 0 aliphatic carbocycles. The number of para-hydroxylation sites is 1. The third-order valence-electron chi connectivity index (χ3n) is 13.7. The molecule has 426 valence electrons. The summed E-state index contributed by atoms with van der Waals surface area (Å²) in [7, 11) is 0. The van der Waals surface area contributed by atoms with Gasteiger partial charge >= 0.3 is 0 Å². The lowest BCUT2D eigenvalue weighted by Crippen LogP contribution is -2.61. The van der Waals surface area contributed by atoms with Gasteiger partial charge in [0.05, 0.1) is 12.7 Å². The van der Waals surface area contributed by atoms with Crippen LogP contribution in [0.3, 0.4) is 0 Å². The number of carbonyl (C=O) groups excluding carboxylic acids is 9. The van der Waals surface area contributed by atoms with E-state index in [0.29, 0.717) is 22.4 Å². The summed E-state index contributed by atoms with van der Waals surface area (Å²) in [5.74, 6) is -7.31. The monoisotopic (exact) mass is 1110 g/mol. The van der Waals surface area contributed by atoms with E-state index < -0.39 is 102 Å². The number of guanidine groups is 1. The molecule has 0 bridgehead atoms. The summed E-state index contributed by atoms with van der Waals surface area (Å²) in [6, 6.07) is 19.5. The Balaban J connectivity index is 1.26. The zero-order valence-electron chi connectivity index (χ0n) is 44.8. The number of nitrogens with zero attached hydrogens (tertiary/aromatic N) is 2. The van der Waals surface area contributed by atoms with Crippen LogP contribution in [0.15, 0.2) is 121 Å². The molecule has 9 amide bonds. The second kappa shape index (κ2) is 28.8. The van der Waals surface area contributed by atoms with Gasteiger partial charge in [0, 0.05) is 74.7 Å². The van der Waals surface area contributed by atoms with E-state index in [2.05, 4.69) is 62.5 Å². The molecular formula is C57H69N15O9. The van der Waals surface area contributed by atoms with Gasteiger partial charge in [-0.1, -0.05) is 91.0 Å². The highest BCUT2D eigenvalue weighted by Gasteiger charge is 2.36. The van der Waals surface area contributed by atoms with Gasteiger partial charge in [0.2, 0.25) is 53.2 Å². The number of nitrogens with two attached hydrogens (primary N) is 3. The van der Waals surface area contributed by atoms with Crippen LogP contribution in [0.4, 0.5) is 0 Å². The maximum absolute atomic E-state index is 15.0. The predicted molar refractivity (Wildman–Crippen MR) is 302 cm³/mol. The normalized spacial score (nSPS) is 20.5. The van der Waals surface area contributed by atoms with Gasteiger partial charge in [0.1, 0.15) is 42.3 Å². The Labute approximate surface area is 466 Å². The molecule has 24 nitrogen and oxygen atoms in total. The van der Waals surface area contributed by atoms with Crippen molar-refractivity contribution >= 4 is 80.8 Å². The zero-order valence-corrected chi connectivity index (χ0v) is 44.8. The first kappa shape index (κ1) is 59.1. The molecule has 1 aliphatic heterocycles. The van der Waals surface area contributed by atoms with Gasteiger partial charge in [-0.3, -0.25) is 48.1 Å². The first-order valence-corrected chi connectivity index (χ1v) is 26.7. The lowest BCUT2D eigenvalue weighted by atomic mass is 9.99. The van der Waals surface area contributed by atoms with Crippen LogP contribution < -0.4 is 59.7 Å². The highest BCUT2D eigenvalue weighted by atomic mass is 16.2. The average molecular weight is 1110 g/mol. The van der Waals surface area contributed by atoms with Crippen molar-refractivity contribution in [3.63, 3.8) is 0 Å². The van der Waals surface area contributed by atoms with Gasteiger partial charge in [-0.15, -0.1) is 0 Å². The minimum Gasteiger partial charge on any atom is -0.370 e. The summed E-state index contributed by atoms with van der Waals surface area (Å²) in [5.41, 5.74) is 20.2. The van der Waals surface area contributed by atoms with Gasteiger partial charge in [0.25, 0.3) is 0 Å². The van der Waals surface area contributed by atoms with Crippen LogP contribution in [-0.4, -0.2) is 129 Å². The Morgan fingerprint density at radius 1 is 0.691 bits per heavy atom. The first-order chi connectivity index (χ1) is 39.0. The molecule has 0 unspecified atom stereocenters. The first-order valence-electron chi connectivity index (χ1n) is 26.7. The molecule has 81 heavy (non-hydrogen) atoms. The second-order valence-electron chi connectivity index (χ2n) is 19.9. The minimum absolute atomic E-state index is 0.0224. The number of primary amides is 1. The Bertz CT molecular complexity index is 3220. The summed E-state index contributed by atoms with van der Waals surface area (Å²) in [4.78, 5) is 141. The zero-order chi connectivity index (χ0) is 57.8. The molecule has 0 spiro atoms. The van der Waals surface area contributed by atoms with Crippen LogP contribution >= 0.6 is 0 Å². The maximum atomic E-state index is 15.0. The van der Waals surface area contributed by atoms with E-state index in [4.69, 9.17) is 17.2 Å². The van der Waals surface area contributed by atoms with Gasteiger partial charge in [-0.05, 0) is 65.6 Å². The number of amides is 9. The van der Waals surface area contributed by atoms with Crippen molar-refractivity contribution in [3.8, 4) is 0 Å². The van der Waals surface area contributed by atoms with Crippen molar-refractivity contribution in [2.75, 3.05) is 13.1 Å². The molecule has 0 saturated carbocycles. The van der Waals surface area contributed by atoms with Crippen LogP contribution in [0.25, 0.3) is 21.7 Å². The number of fused-ring (bicyclic) bond motifs is 2. The third-order valence-corrected chi connectivity index (χ3v) is 13.7. The van der Waals surface area contributed by atoms with Crippen molar-refractivity contribution < 1.29 is 43.2 Å². The Kier molecular flexibility index (Phi) is 21.0. The molecule has 1 aliphatic rings. The Morgan fingerprint density at radius 3 is 2.06 bits per heavy atom. The number of aliphatic imine (C=N–C) groups is 1. The maximum Gasteiger partial charge on any atom is 0.243 e. The molecule has 7 rings (SSSR count). The van der Waals surface area contributed by atoms with Gasteiger partial charge in [-0.2, -0.15) is 0 Å². The highest BCUT2D eigenvalue weighted by molar-refractivity contribution is 5.99. The third kappa shape index (κ3) is 17.7. The molecule has 2 aromatic heterocycles. The smallest absolute Gasteiger partial charge is 0.243 e. The average Bonchev–Trinajstić information content (AvgIpc) is 4.14. The number of rotatable bonds is 16. The van der Waals surface area contributed by atoms with Crippen LogP contribution in [0.5, 0.6) is 0 Å². The van der Waals surface area contributed by atoms with Gasteiger partial charge in [-0.25, -0.2) is 4.98 Å².